The molecule has 1 saturated heterocycles. The lowest BCUT2D eigenvalue weighted by Crippen LogP contribution is -2.40. The summed E-state index contributed by atoms with van der Waals surface area (Å²) in [5.41, 5.74) is 1.90. The highest BCUT2D eigenvalue weighted by Gasteiger charge is 2.44. The first-order chi connectivity index (χ1) is 15.6. The molecule has 3 heterocycles. The van der Waals surface area contributed by atoms with Crippen molar-refractivity contribution in [3.63, 3.8) is 0 Å². The van der Waals surface area contributed by atoms with Gasteiger partial charge in [-0.25, -0.2) is 4.79 Å². The Bertz CT molecular complexity index is 1120. The van der Waals surface area contributed by atoms with Crippen LogP contribution in [-0.4, -0.2) is 32.1 Å². The summed E-state index contributed by atoms with van der Waals surface area (Å²) in [5.74, 6) is 0.487. The Morgan fingerprint density at radius 3 is 2.69 bits per heavy atom. The quantitative estimate of drug-likeness (QED) is 0.511. The number of aromatic carboxylic acids is 1. The highest BCUT2D eigenvalue weighted by Crippen LogP contribution is 2.43. The molecule has 2 N–H and O–H groups in total. The number of benzene rings is 1. The van der Waals surface area contributed by atoms with Gasteiger partial charge in [0.25, 0.3) is 0 Å². The average molecular weight is 448 g/mol. The van der Waals surface area contributed by atoms with Crippen LogP contribution in [0.25, 0.3) is 11.3 Å². The van der Waals surface area contributed by atoms with E-state index in [1.54, 1.807) is 24.4 Å². The van der Waals surface area contributed by atoms with Crippen LogP contribution >= 0.6 is 12.2 Å². The normalized spacial score (nSPS) is 21.5. The Morgan fingerprint density at radius 1 is 1.09 bits per heavy atom. The molecule has 164 valence electrons. The minimum atomic E-state index is -0.956. The monoisotopic (exact) mass is 447 g/mol. The first-order valence-electron chi connectivity index (χ1n) is 11.0. The van der Waals surface area contributed by atoms with Crippen LogP contribution in [0.15, 0.2) is 65.2 Å². The van der Waals surface area contributed by atoms with Crippen LogP contribution < -0.4 is 5.32 Å². The molecule has 6 nitrogen and oxygen atoms in total. The predicted molar refractivity (Wildman–Crippen MR) is 125 cm³/mol. The number of rotatable bonds is 5. The number of pyridine rings is 1. The molecule has 0 radical (unpaired) electrons. The predicted octanol–water partition coefficient (Wildman–Crippen LogP) is 5.35. The zero-order chi connectivity index (χ0) is 22.1. The van der Waals surface area contributed by atoms with Crippen LogP contribution in [0.1, 0.15) is 66.0 Å². The van der Waals surface area contributed by atoms with Crippen LogP contribution in [-0.2, 0) is 0 Å². The SMILES string of the molecule is O=C(O)c1cccc(-c2ccc([C@H]3[C@@H](c4ccccn4)NC(=S)N3C3CCCCC3)o2)c1. The molecule has 2 aromatic heterocycles. The molecule has 1 saturated carbocycles. The summed E-state index contributed by atoms with van der Waals surface area (Å²) < 4.78 is 6.35. The van der Waals surface area contributed by atoms with E-state index >= 15 is 0 Å². The number of nitrogens with zero attached hydrogens (tertiary/aromatic N) is 2. The summed E-state index contributed by atoms with van der Waals surface area (Å²) in [5, 5.41) is 13.6. The van der Waals surface area contributed by atoms with E-state index < -0.39 is 5.97 Å². The summed E-state index contributed by atoms with van der Waals surface area (Å²) in [6.45, 7) is 0. The van der Waals surface area contributed by atoms with Crippen LogP contribution in [0.3, 0.4) is 0 Å². The summed E-state index contributed by atoms with van der Waals surface area (Å²) in [7, 11) is 0. The van der Waals surface area contributed by atoms with Gasteiger partial charge in [-0.1, -0.05) is 37.5 Å². The van der Waals surface area contributed by atoms with E-state index in [9.17, 15) is 9.90 Å². The summed E-state index contributed by atoms with van der Waals surface area (Å²) in [4.78, 5) is 18.3. The van der Waals surface area contributed by atoms with E-state index in [1.165, 1.54) is 19.3 Å². The maximum atomic E-state index is 11.4. The van der Waals surface area contributed by atoms with Crippen molar-refractivity contribution >= 4 is 23.3 Å². The van der Waals surface area contributed by atoms with Gasteiger partial charge in [0, 0.05) is 17.8 Å². The molecule has 2 fully saturated rings. The standard InChI is InChI=1S/C25H25N3O3S/c29-24(30)17-8-6-7-16(15-17)20-12-13-21(31-20)23-22(19-11-4-5-14-26-19)27-25(32)28(23)18-9-2-1-3-10-18/h4-8,11-15,18,22-23H,1-3,9-10H2,(H,27,32)(H,29,30)/t22-,23+/m1/s1. The molecule has 2 atom stereocenters. The first kappa shape index (κ1) is 20.7. The van der Waals surface area contributed by atoms with Gasteiger partial charge in [0.15, 0.2) is 5.11 Å². The smallest absolute Gasteiger partial charge is 0.335 e. The maximum Gasteiger partial charge on any atom is 0.335 e. The van der Waals surface area contributed by atoms with Crippen LogP contribution in [0.2, 0.25) is 0 Å². The largest absolute Gasteiger partial charge is 0.478 e. The Labute approximate surface area is 192 Å². The van der Waals surface area contributed by atoms with Gasteiger partial charge in [-0.2, -0.15) is 0 Å². The fourth-order valence-electron chi connectivity index (χ4n) is 4.89. The van der Waals surface area contributed by atoms with Crippen molar-refractivity contribution in [1.82, 2.24) is 15.2 Å². The molecular weight excluding hydrogens is 422 g/mol. The van der Waals surface area contributed by atoms with E-state index in [-0.39, 0.29) is 17.6 Å². The second-order valence-electron chi connectivity index (χ2n) is 8.41. The number of hydrogen-bond acceptors (Lipinski definition) is 4. The third-order valence-electron chi connectivity index (χ3n) is 6.42. The first-order valence-corrected chi connectivity index (χ1v) is 11.5. The number of aromatic nitrogens is 1. The van der Waals surface area contributed by atoms with Gasteiger partial charge in [-0.3, -0.25) is 4.98 Å². The second kappa shape index (κ2) is 8.74. The lowest BCUT2D eigenvalue weighted by Gasteiger charge is -2.36. The van der Waals surface area contributed by atoms with Gasteiger partial charge in [-0.15, -0.1) is 0 Å². The molecule has 0 spiro atoms. The number of carboxylic acids is 1. The zero-order valence-electron chi connectivity index (χ0n) is 17.6. The van der Waals surface area contributed by atoms with E-state index in [0.717, 1.165) is 35.0 Å². The Morgan fingerprint density at radius 2 is 1.94 bits per heavy atom. The highest BCUT2D eigenvalue weighted by molar-refractivity contribution is 7.80. The van der Waals surface area contributed by atoms with Crippen molar-refractivity contribution in [3.05, 3.63) is 77.8 Å². The van der Waals surface area contributed by atoms with Crippen molar-refractivity contribution in [2.24, 2.45) is 0 Å². The molecule has 1 aromatic carbocycles. The second-order valence-corrected chi connectivity index (χ2v) is 8.80. The summed E-state index contributed by atoms with van der Waals surface area (Å²) >= 11 is 5.80. The molecule has 0 amide bonds. The van der Waals surface area contributed by atoms with Gasteiger partial charge < -0.3 is 19.7 Å². The number of carbonyl (C=O) groups is 1. The molecule has 32 heavy (non-hydrogen) atoms. The number of carboxylic acid groups (broad SMARTS) is 1. The summed E-state index contributed by atoms with van der Waals surface area (Å²) in [6.07, 6.45) is 7.70. The Hall–Kier alpha value is -3.19. The number of furan rings is 1. The minimum absolute atomic E-state index is 0.114. The molecule has 3 aromatic rings. The van der Waals surface area contributed by atoms with Crippen molar-refractivity contribution in [3.8, 4) is 11.3 Å². The lowest BCUT2D eigenvalue weighted by molar-refractivity contribution is 0.0697. The van der Waals surface area contributed by atoms with Crippen molar-refractivity contribution < 1.29 is 14.3 Å². The fraction of sp³-hybridized carbons (Fsp3) is 0.320. The van der Waals surface area contributed by atoms with E-state index in [2.05, 4.69) is 15.2 Å². The molecule has 7 heteroatoms. The fourth-order valence-corrected chi connectivity index (χ4v) is 5.28. The molecule has 5 rings (SSSR count). The van der Waals surface area contributed by atoms with Gasteiger partial charge >= 0.3 is 5.97 Å². The van der Waals surface area contributed by atoms with E-state index in [4.69, 9.17) is 16.6 Å². The van der Waals surface area contributed by atoms with Gasteiger partial charge in [0.1, 0.15) is 17.6 Å². The van der Waals surface area contributed by atoms with E-state index in [0.29, 0.717) is 11.8 Å². The number of thiocarbonyl (C=S) groups is 1. The maximum absolute atomic E-state index is 11.4. The topological polar surface area (TPSA) is 78.6 Å². The summed E-state index contributed by atoms with van der Waals surface area (Å²) in [6, 6.07) is 16.7. The molecule has 2 aliphatic rings. The van der Waals surface area contributed by atoms with Crippen molar-refractivity contribution in [2.45, 2.75) is 50.2 Å². The molecule has 1 aliphatic heterocycles. The Kier molecular flexibility index (Phi) is 5.66. The lowest BCUT2D eigenvalue weighted by atomic mass is 9.92. The number of hydrogen-bond donors (Lipinski definition) is 2. The van der Waals surface area contributed by atoms with E-state index in [1.807, 2.05) is 36.4 Å². The molecule has 1 aliphatic carbocycles. The van der Waals surface area contributed by atoms with Gasteiger partial charge in [0.05, 0.1) is 17.3 Å². The third-order valence-corrected chi connectivity index (χ3v) is 6.74. The van der Waals surface area contributed by atoms with Gasteiger partial charge in [0.2, 0.25) is 0 Å². The van der Waals surface area contributed by atoms with Crippen LogP contribution in [0.5, 0.6) is 0 Å². The van der Waals surface area contributed by atoms with Crippen LogP contribution in [0, 0.1) is 0 Å². The van der Waals surface area contributed by atoms with Crippen molar-refractivity contribution in [1.29, 1.82) is 0 Å². The molecule has 0 bridgehead atoms. The molecular formula is C25H25N3O3S. The van der Waals surface area contributed by atoms with Gasteiger partial charge in [-0.05, 0) is 61.5 Å². The Balaban J connectivity index is 1.53. The van der Waals surface area contributed by atoms with Crippen molar-refractivity contribution in [2.75, 3.05) is 0 Å². The zero-order valence-corrected chi connectivity index (χ0v) is 18.4. The third kappa shape index (κ3) is 3.88. The van der Waals surface area contributed by atoms with Crippen LogP contribution in [0.4, 0.5) is 0 Å². The number of nitrogens with one attached hydrogen (secondary N) is 1. The average Bonchev–Trinajstić information content (AvgIpc) is 3.45. The minimum Gasteiger partial charge on any atom is -0.478 e. The molecule has 0 unspecified atom stereocenters. The highest BCUT2D eigenvalue weighted by atomic mass is 32.1.